The van der Waals surface area contributed by atoms with Gasteiger partial charge < -0.3 is 14.5 Å². The SMILES string of the molecule is CCOc1ccc(N=C2NC(=O)/C(=C/c3ccc(Sc4ccc(C)cc4)o3)S2)cc1. The number of ether oxygens (including phenoxy) is 1. The molecule has 1 aliphatic rings. The molecule has 152 valence electrons. The Kier molecular flexibility index (Phi) is 6.30. The molecule has 5 nitrogen and oxygen atoms in total. The first-order valence-electron chi connectivity index (χ1n) is 9.46. The minimum atomic E-state index is -0.186. The number of nitrogens with zero attached hydrogens (tertiary/aromatic N) is 1. The molecule has 1 fully saturated rings. The maximum atomic E-state index is 12.3. The van der Waals surface area contributed by atoms with Crippen molar-refractivity contribution in [2.75, 3.05) is 6.61 Å². The van der Waals surface area contributed by atoms with E-state index in [9.17, 15) is 4.79 Å². The molecular weight excluding hydrogens is 416 g/mol. The van der Waals surface area contributed by atoms with Crippen LogP contribution in [0.25, 0.3) is 6.08 Å². The van der Waals surface area contributed by atoms with Crippen molar-refractivity contribution in [2.45, 2.75) is 23.8 Å². The van der Waals surface area contributed by atoms with E-state index in [4.69, 9.17) is 9.15 Å². The number of amides is 1. The van der Waals surface area contributed by atoms with Gasteiger partial charge in [-0.25, -0.2) is 4.99 Å². The van der Waals surface area contributed by atoms with Gasteiger partial charge >= 0.3 is 0 Å². The molecule has 0 radical (unpaired) electrons. The van der Waals surface area contributed by atoms with Gasteiger partial charge in [0.05, 0.1) is 17.2 Å². The summed E-state index contributed by atoms with van der Waals surface area (Å²) in [4.78, 5) is 18.4. The Morgan fingerprint density at radius 3 is 2.60 bits per heavy atom. The molecule has 1 amide bonds. The predicted molar refractivity (Wildman–Crippen MR) is 122 cm³/mol. The normalized spacial score (nSPS) is 16.3. The highest BCUT2D eigenvalue weighted by Gasteiger charge is 2.24. The number of carbonyl (C=O) groups excluding carboxylic acids is 1. The lowest BCUT2D eigenvalue weighted by Crippen LogP contribution is -2.19. The summed E-state index contributed by atoms with van der Waals surface area (Å²) >= 11 is 2.84. The Morgan fingerprint density at radius 1 is 1.10 bits per heavy atom. The van der Waals surface area contributed by atoms with Crippen molar-refractivity contribution in [1.82, 2.24) is 5.32 Å². The summed E-state index contributed by atoms with van der Waals surface area (Å²) in [5.74, 6) is 1.24. The number of aryl methyl sites for hydroxylation is 1. The van der Waals surface area contributed by atoms with Crippen LogP contribution in [0.5, 0.6) is 5.75 Å². The third kappa shape index (κ3) is 5.17. The molecule has 1 saturated heterocycles. The van der Waals surface area contributed by atoms with Crippen LogP contribution in [-0.2, 0) is 4.79 Å². The van der Waals surface area contributed by atoms with Crippen LogP contribution >= 0.6 is 23.5 Å². The molecule has 7 heteroatoms. The molecule has 0 atom stereocenters. The number of hydrogen-bond acceptors (Lipinski definition) is 6. The molecule has 1 N–H and O–H groups in total. The van der Waals surface area contributed by atoms with Crippen molar-refractivity contribution in [3.05, 3.63) is 76.9 Å². The van der Waals surface area contributed by atoms with Crippen molar-refractivity contribution in [3.63, 3.8) is 0 Å². The molecule has 2 aromatic carbocycles. The average molecular weight is 437 g/mol. The zero-order valence-electron chi connectivity index (χ0n) is 16.5. The van der Waals surface area contributed by atoms with Crippen molar-refractivity contribution in [1.29, 1.82) is 0 Å². The second-order valence-electron chi connectivity index (χ2n) is 6.48. The topological polar surface area (TPSA) is 63.8 Å². The zero-order valence-corrected chi connectivity index (χ0v) is 18.2. The van der Waals surface area contributed by atoms with E-state index >= 15 is 0 Å². The van der Waals surface area contributed by atoms with Crippen molar-refractivity contribution in [2.24, 2.45) is 4.99 Å². The van der Waals surface area contributed by atoms with E-state index in [0.29, 0.717) is 22.4 Å². The molecule has 0 aliphatic carbocycles. The lowest BCUT2D eigenvalue weighted by atomic mass is 10.2. The summed E-state index contributed by atoms with van der Waals surface area (Å²) in [5.41, 5.74) is 1.97. The minimum Gasteiger partial charge on any atom is -0.494 e. The summed E-state index contributed by atoms with van der Waals surface area (Å²) in [6.45, 7) is 4.62. The van der Waals surface area contributed by atoms with Gasteiger partial charge in [-0.15, -0.1) is 0 Å². The summed E-state index contributed by atoms with van der Waals surface area (Å²) in [6.07, 6.45) is 1.74. The average Bonchev–Trinajstić information content (AvgIpc) is 3.32. The summed E-state index contributed by atoms with van der Waals surface area (Å²) in [7, 11) is 0. The molecule has 0 saturated carbocycles. The van der Waals surface area contributed by atoms with Gasteiger partial charge in [0, 0.05) is 11.0 Å². The van der Waals surface area contributed by atoms with Crippen molar-refractivity contribution in [3.8, 4) is 5.75 Å². The molecular formula is C23H20N2O3S2. The lowest BCUT2D eigenvalue weighted by molar-refractivity contribution is -0.115. The van der Waals surface area contributed by atoms with Crippen LogP contribution in [0, 0.1) is 6.92 Å². The molecule has 2 heterocycles. The maximum Gasteiger partial charge on any atom is 0.264 e. The Morgan fingerprint density at radius 2 is 1.87 bits per heavy atom. The number of amidine groups is 1. The summed E-state index contributed by atoms with van der Waals surface area (Å²) < 4.78 is 11.3. The van der Waals surface area contributed by atoms with Crippen LogP contribution in [0.3, 0.4) is 0 Å². The number of benzene rings is 2. The maximum absolute atomic E-state index is 12.3. The number of thioether (sulfide) groups is 1. The third-order valence-corrected chi connectivity index (χ3v) is 5.98. The third-order valence-electron chi connectivity index (χ3n) is 4.14. The van der Waals surface area contributed by atoms with E-state index in [-0.39, 0.29) is 5.91 Å². The van der Waals surface area contributed by atoms with Gasteiger partial charge in [-0.1, -0.05) is 29.5 Å². The van der Waals surface area contributed by atoms with Crippen molar-refractivity contribution >= 4 is 46.4 Å². The smallest absolute Gasteiger partial charge is 0.264 e. The second kappa shape index (κ2) is 9.28. The van der Waals surface area contributed by atoms with Crippen LogP contribution in [0.1, 0.15) is 18.2 Å². The molecule has 0 unspecified atom stereocenters. The van der Waals surface area contributed by atoms with Crippen molar-refractivity contribution < 1.29 is 13.9 Å². The lowest BCUT2D eigenvalue weighted by Gasteiger charge is -2.02. The number of furan rings is 1. The van der Waals surface area contributed by atoms with Crippen LogP contribution in [0.4, 0.5) is 5.69 Å². The monoisotopic (exact) mass is 436 g/mol. The fraction of sp³-hybridized carbons (Fsp3) is 0.130. The van der Waals surface area contributed by atoms with E-state index in [1.54, 1.807) is 17.8 Å². The van der Waals surface area contributed by atoms with Crippen LogP contribution in [-0.4, -0.2) is 17.7 Å². The first kappa shape index (κ1) is 20.4. The van der Waals surface area contributed by atoms with Crippen LogP contribution in [0.2, 0.25) is 0 Å². The minimum absolute atomic E-state index is 0.186. The fourth-order valence-electron chi connectivity index (χ4n) is 2.70. The van der Waals surface area contributed by atoms with Gasteiger partial charge in [0.15, 0.2) is 10.3 Å². The molecule has 1 aliphatic heterocycles. The largest absolute Gasteiger partial charge is 0.494 e. The predicted octanol–water partition coefficient (Wildman–Crippen LogP) is 6.03. The summed E-state index contributed by atoms with van der Waals surface area (Å²) in [6, 6.07) is 19.4. The highest BCUT2D eigenvalue weighted by molar-refractivity contribution is 8.18. The number of rotatable bonds is 6. The quantitative estimate of drug-likeness (QED) is 0.478. The van der Waals surface area contributed by atoms with Gasteiger partial charge in [-0.2, -0.15) is 0 Å². The Balaban J connectivity index is 1.43. The van der Waals surface area contributed by atoms with E-state index in [1.165, 1.54) is 17.3 Å². The van der Waals surface area contributed by atoms with E-state index in [1.807, 2.05) is 43.3 Å². The highest BCUT2D eigenvalue weighted by atomic mass is 32.2. The second-order valence-corrected chi connectivity index (χ2v) is 8.59. The number of hydrogen-bond donors (Lipinski definition) is 1. The standard InChI is InChI=1S/C23H20N2O3S2/c1-3-27-17-8-6-16(7-9-17)24-23-25-22(26)20(30-23)14-18-10-13-21(28-18)29-19-11-4-15(2)5-12-19/h4-14H,3H2,1-2H3,(H,24,25,26)/b20-14-. The first-order chi connectivity index (χ1) is 14.6. The molecule has 4 rings (SSSR count). The number of carbonyl (C=O) groups is 1. The van der Waals surface area contributed by atoms with Gasteiger partial charge in [-0.3, -0.25) is 4.79 Å². The number of nitrogens with one attached hydrogen (secondary N) is 1. The van der Waals surface area contributed by atoms with E-state index in [0.717, 1.165) is 21.4 Å². The molecule has 3 aromatic rings. The van der Waals surface area contributed by atoms with Gasteiger partial charge in [0.25, 0.3) is 5.91 Å². The Hall–Kier alpha value is -2.90. The van der Waals surface area contributed by atoms with Crippen LogP contribution < -0.4 is 10.1 Å². The zero-order chi connectivity index (χ0) is 20.9. The Bertz CT molecular complexity index is 1100. The fourth-order valence-corrected chi connectivity index (χ4v) is 4.30. The van der Waals surface area contributed by atoms with E-state index in [2.05, 4.69) is 41.5 Å². The molecule has 0 bridgehead atoms. The van der Waals surface area contributed by atoms with Gasteiger partial charge in [-0.05, 0) is 74.1 Å². The number of aliphatic imine (C=N–C) groups is 1. The molecule has 1 aromatic heterocycles. The molecule has 30 heavy (non-hydrogen) atoms. The highest BCUT2D eigenvalue weighted by Crippen LogP contribution is 2.32. The molecule has 0 spiro atoms. The van der Waals surface area contributed by atoms with Crippen LogP contribution in [0.15, 0.2) is 85.0 Å². The van der Waals surface area contributed by atoms with E-state index < -0.39 is 0 Å². The first-order valence-corrected chi connectivity index (χ1v) is 11.1. The van der Waals surface area contributed by atoms with Gasteiger partial charge in [0.1, 0.15) is 11.5 Å². The Labute approximate surface area is 183 Å². The summed E-state index contributed by atoms with van der Waals surface area (Å²) in [5, 5.41) is 4.11. The van der Waals surface area contributed by atoms with Gasteiger partial charge in [0.2, 0.25) is 0 Å².